The Hall–Kier alpha value is -3.87. The number of ketones is 1. The summed E-state index contributed by atoms with van der Waals surface area (Å²) in [5.74, 6) is 0.308. The molecule has 0 spiro atoms. The number of hydrogen-bond acceptors (Lipinski definition) is 8. The fourth-order valence-electron chi connectivity index (χ4n) is 3.73. The molecule has 0 atom stereocenters. The number of fused-ring (bicyclic) bond motifs is 1. The van der Waals surface area contributed by atoms with Crippen LogP contribution in [0.3, 0.4) is 0 Å². The van der Waals surface area contributed by atoms with E-state index >= 15 is 0 Å². The van der Waals surface area contributed by atoms with Gasteiger partial charge in [0.05, 0.1) is 23.5 Å². The van der Waals surface area contributed by atoms with Gasteiger partial charge in [0.15, 0.2) is 11.4 Å². The van der Waals surface area contributed by atoms with Crippen LogP contribution < -0.4 is 16.0 Å². The van der Waals surface area contributed by atoms with Crippen molar-refractivity contribution in [3.05, 3.63) is 56.5 Å². The first-order valence-electron chi connectivity index (χ1n) is 9.51. The van der Waals surface area contributed by atoms with Crippen LogP contribution in [0.4, 0.5) is 5.95 Å². The van der Waals surface area contributed by atoms with Gasteiger partial charge >= 0.3 is 11.1 Å². The average Bonchev–Trinajstić information content (AvgIpc) is 2.78. The highest BCUT2D eigenvalue weighted by Crippen LogP contribution is 2.25. The lowest BCUT2D eigenvalue weighted by atomic mass is 10.0. The summed E-state index contributed by atoms with van der Waals surface area (Å²) in [5.41, 5.74) is 0.200. The Kier molecular flexibility index (Phi) is 4.87. The zero-order chi connectivity index (χ0) is 21.4. The Labute approximate surface area is 171 Å². The minimum atomic E-state index is -0.647. The van der Waals surface area contributed by atoms with Gasteiger partial charge in [-0.25, -0.2) is 15.0 Å². The van der Waals surface area contributed by atoms with E-state index < -0.39 is 11.1 Å². The topological polar surface area (TPSA) is 127 Å². The van der Waals surface area contributed by atoms with Crippen LogP contribution in [0.15, 0.2) is 34.1 Å². The van der Waals surface area contributed by atoms with Crippen molar-refractivity contribution in [2.75, 3.05) is 18.0 Å². The minimum absolute atomic E-state index is 0.211. The molecule has 1 aliphatic heterocycles. The smallest absolute Gasteiger partial charge is 0.318 e. The highest BCUT2D eigenvalue weighted by atomic mass is 16.2. The van der Waals surface area contributed by atoms with E-state index in [9.17, 15) is 14.4 Å². The van der Waals surface area contributed by atoms with Crippen LogP contribution in [0.2, 0.25) is 0 Å². The molecule has 3 aromatic heterocycles. The summed E-state index contributed by atoms with van der Waals surface area (Å²) in [4.78, 5) is 51.9. The van der Waals surface area contributed by atoms with E-state index in [1.165, 1.54) is 35.5 Å². The lowest BCUT2D eigenvalue weighted by Gasteiger charge is -2.33. The first-order chi connectivity index (χ1) is 14.4. The summed E-state index contributed by atoms with van der Waals surface area (Å²) in [5, 5.41) is 8.88. The molecule has 1 fully saturated rings. The van der Waals surface area contributed by atoms with Gasteiger partial charge in [0, 0.05) is 33.1 Å². The lowest BCUT2D eigenvalue weighted by molar-refractivity contribution is 0.101. The van der Waals surface area contributed by atoms with Crippen LogP contribution in [-0.2, 0) is 7.05 Å². The number of anilines is 1. The molecule has 10 nitrogen and oxygen atoms in total. The van der Waals surface area contributed by atoms with Gasteiger partial charge in [-0.2, -0.15) is 5.26 Å². The fourth-order valence-corrected chi connectivity index (χ4v) is 3.73. The summed E-state index contributed by atoms with van der Waals surface area (Å²) >= 11 is 0. The van der Waals surface area contributed by atoms with Crippen molar-refractivity contribution in [1.29, 1.82) is 5.26 Å². The van der Waals surface area contributed by atoms with Gasteiger partial charge in [-0.05, 0) is 25.0 Å². The number of piperidine rings is 1. The maximum Gasteiger partial charge on any atom is 0.318 e. The molecule has 0 radical (unpaired) electrons. The van der Waals surface area contributed by atoms with E-state index in [2.05, 4.69) is 15.0 Å². The lowest BCUT2D eigenvalue weighted by Crippen LogP contribution is -2.45. The van der Waals surface area contributed by atoms with E-state index in [-0.39, 0.29) is 17.5 Å². The molecule has 0 bridgehead atoms. The summed E-state index contributed by atoms with van der Waals surface area (Å²) in [6.45, 7) is 2.56. The number of nitrogens with zero attached hydrogens (tertiary/aromatic N) is 7. The minimum Gasteiger partial charge on any atom is -0.341 e. The predicted octanol–water partition coefficient (Wildman–Crippen LogP) is 0.801. The summed E-state index contributed by atoms with van der Waals surface area (Å²) < 4.78 is 2.70. The normalized spacial score (nSPS) is 14.6. The second-order valence-corrected chi connectivity index (χ2v) is 7.24. The molecular weight excluding hydrogens is 386 g/mol. The molecule has 0 N–H and O–H groups in total. The summed E-state index contributed by atoms with van der Waals surface area (Å²) in [6, 6.07) is 4.96. The Morgan fingerprint density at radius 3 is 2.40 bits per heavy atom. The average molecular weight is 405 g/mol. The number of aromatic nitrogens is 5. The van der Waals surface area contributed by atoms with Crippen molar-refractivity contribution in [3.63, 3.8) is 0 Å². The third-order valence-electron chi connectivity index (χ3n) is 5.39. The molecule has 30 heavy (non-hydrogen) atoms. The van der Waals surface area contributed by atoms with Gasteiger partial charge < -0.3 is 9.47 Å². The van der Waals surface area contributed by atoms with Crippen LogP contribution in [0, 0.1) is 11.3 Å². The Morgan fingerprint density at radius 1 is 1.13 bits per heavy atom. The molecule has 0 unspecified atom stereocenters. The molecule has 1 aliphatic rings. The third kappa shape index (κ3) is 3.24. The van der Waals surface area contributed by atoms with E-state index in [4.69, 9.17) is 5.26 Å². The summed E-state index contributed by atoms with van der Waals surface area (Å²) in [7, 11) is 1.52. The van der Waals surface area contributed by atoms with Crippen molar-refractivity contribution in [3.8, 4) is 6.07 Å². The van der Waals surface area contributed by atoms with Crippen molar-refractivity contribution in [2.24, 2.45) is 7.05 Å². The molecule has 0 aromatic carbocycles. The number of nitriles is 1. The van der Waals surface area contributed by atoms with Crippen molar-refractivity contribution < 1.29 is 4.79 Å². The number of hydrogen-bond donors (Lipinski definition) is 0. The summed E-state index contributed by atoms with van der Waals surface area (Å²) in [6.07, 6.45) is 4.11. The van der Waals surface area contributed by atoms with Crippen molar-refractivity contribution in [1.82, 2.24) is 24.1 Å². The molecule has 152 valence electrons. The first-order valence-corrected chi connectivity index (χ1v) is 9.51. The maximum absolute atomic E-state index is 12.8. The van der Waals surface area contributed by atoms with Crippen molar-refractivity contribution in [2.45, 2.75) is 25.8 Å². The van der Waals surface area contributed by atoms with Crippen LogP contribution in [-0.4, -0.2) is 43.0 Å². The number of carbonyl (C=O) groups is 1. The second kappa shape index (κ2) is 7.51. The number of aryl methyl sites for hydroxylation is 1. The van der Waals surface area contributed by atoms with Crippen molar-refractivity contribution >= 4 is 22.9 Å². The van der Waals surface area contributed by atoms with Gasteiger partial charge in [0.1, 0.15) is 11.8 Å². The largest absolute Gasteiger partial charge is 0.341 e. The van der Waals surface area contributed by atoms with Gasteiger partial charge in [0.2, 0.25) is 5.95 Å². The van der Waals surface area contributed by atoms with Crippen LogP contribution in [0.5, 0.6) is 0 Å². The highest BCUT2D eigenvalue weighted by Gasteiger charge is 2.26. The van der Waals surface area contributed by atoms with Gasteiger partial charge in [-0.3, -0.25) is 19.0 Å². The molecular formula is C20H19N7O3. The molecule has 1 saturated heterocycles. The molecule has 0 amide bonds. The third-order valence-corrected chi connectivity index (χ3v) is 5.39. The van der Waals surface area contributed by atoms with E-state index in [1.54, 1.807) is 12.1 Å². The van der Waals surface area contributed by atoms with Crippen LogP contribution in [0.1, 0.15) is 41.9 Å². The van der Waals surface area contributed by atoms with Crippen LogP contribution >= 0.6 is 0 Å². The maximum atomic E-state index is 12.8. The Balaban J connectivity index is 1.70. The monoisotopic (exact) mass is 405 g/mol. The first kappa shape index (κ1) is 19.4. The quantitative estimate of drug-likeness (QED) is 0.462. The SMILES string of the molecule is CC(=O)c1ccc2c(n1)n(C1CCN(c3ncc(C#N)cn3)CC1)c(=O)c(=O)n2C. The molecule has 4 rings (SSSR count). The molecule has 3 aromatic rings. The Morgan fingerprint density at radius 2 is 1.80 bits per heavy atom. The van der Waals surface area contributed by atoms with E-state index in [0.717, 1.165) is 0 Å². The zero-order valence-electron chi connectivity index (χ0n) is 16.6. The zero-order valence-corrected chi connectivity index (χ0v) is 16.6. The van der Waals surface area contributed by atoms with Gasteiger partial charge in [-0.1, -0.05) is 0 Å². The number of Topliss-reactive ketones (excluding diaryl/α,β-unsaturated/α-hetero) is 1. The van der Waals surface area contributed by atoms with Gasteiger partial charge in [0.25, 0.3) is 0 Å². The fraction of sp³-hybridized carbons (Fsp3) is 0.350. The molecule has 0 aliphatic carbocycles. The number of carbonyl (C=O) groups excluding carboxylic acids is 1. The Bertz CT molecular complexity index is 1290. The number of rotatable bonds is 3. The second-order valence-electron chi connectivity index (χ2n) is 7.24. The standard InChI is InChI=1S/C20H19N7O3/c1-12(28)15-3-4-16-17(24-15)27(19(30)18(29)25(16)2)14-5-7-26(8-6-14)20-22-10-13(9-21)11-23-20/h3-4,10-11,14H,5-8H2,1-2H3. The number of pyridine rings is 1. The predicted molar refractivity (Wildman–Crippen MR) is 108 cm³/mol. The van der Waals surface area contributed by atoms with Crippen LogP contribution in [0.25, 0.3) is 11.2 Å². The molecule has 10 heteroatoms. The van der Waals surface area contributed by atoms with E-state index in [1.807, 2.05) is 11.0 Å². The highest BCUT2D eigenvalue weighted by molar-refractivity contribution is 5.93. The molecule has 4 heterocycles. The van der Waals surface area contributed by atoms with E-state index in [0.29, 0.717) is 48.6 Å². The van der Waals surface area contributed by atoms with Gasteiger partial charge in [-0.15, -0.1) is 0 Å². The molecule has 0 saturated carbocycles.